The van der Waals surface area contributed by atoms with Crippen LogP contribution in [0.1, 0.15) is 341 Å². The molecule has 0 fully saturated rings. The molecule has 0 aliphatic heterocycles. The van der Waals surface area contributed by atoms with Crippen LogP contribution in [0.4, 0.5) is 0 Å². The van der Waals surface area contributed by atoms with Crippen LogP contribution in [0.15, 0.2) is 109 Å². The summed E-state index contributed by atoms with van der Waals surface area (Å²) in [5.41, 5.74) is 0. The van der Waals surface area contributed by atoms with Gasteiger partial charge in [-0.15, -0.1) is 0 Å². The Balaban J connectivity index is 3.50. The van der Waals surface area contributed by atoms with Crippen molar-refractivity contribution in [3.8, 4) is 0 Å². The number of esters is 2. The lowest BCUT2D eigenvalue weighted by atomic mass is 10.0. The molecule has 81 heavy (non-hydrogen) atoms. The van der Waals surface area contributed by atoms with E-state index >= 15 is 0 Å². The molecule has 0 aromatic rings. The zero-order valence-corrected chi connectivity index (χ0v) is 53.5. The molecule has 0 aliphatic carbocycles. The molecule has 466 valence electrons. The van der Waals surface area contributed by atoms with Gasteiger partial charge in [-0.3, -0.25) is 9.59 Å². The third-order valence-electron chi connectivity index (χ3n) is 15.3. The molecule has 0 spiro atoms. The van der Waals surface area contributed by atoms with Crippen LogP contribution in [-0.4, -0.2) is 36.4 Å². The van der Waals surface area contributed by atoms with Crippen LogP contribution in [0.25, 0.3) is 0 Å². The van der Waals surface area contributed by atoms with Crippen molar-refractivity contribution < 1.29 is 24.2 Å². The Morgan fingerprint density at radius 1 is 0.296 bits per heavy atom. The predicted octanol–water partition coefficient (Wildman–Crippen LogP) is 24.4. The number of hydrogen-bond acceptors (Lipinski definition) is 5. The normalized spacial score (nSPS) is 12.9. The van der Waals surface area contributed by atoms with Gasteiger partial charge in [0.2, 0.25) is 0 Å². The van der Waals surface area contributed by atoms with Crippen LogP contribution in [0, 0.1) is 0 Å². The van der Waals surface area contributed by atoms with Crippen molar-refractivity contribution in [2.75, 3.05) is 13.2 Å². The molecule has 1 atom stereocenters. The summed E-state index contributed by atoms with van der Waals surface area (Å²) in [6.07, 6.45) is 103. The first-order valence-electron chi connectivity index (χ1n) is 34.9. The van der Waals surface area contributed by atoms with Gasteiger partial charge in [-0.25, -0.2) is 0 Å². The van der Waals surface area contributed by atoms with E-state index in [-0.39, 0.29) is 25.2 Å². The molecule has 0 saturated heterocycles. The minimum atomic E-state index is -0.782. The van der Waals surface area contributed by atoms with Crippen molar-refractivity contribution in [1.29, 1.82) is 0 Å². The third-order valence-corrected chi connectivity index (χ3v) is 15.3. The average molecular weight is 1130 g/mol. The number of hydrogen-bond donors (Lipinski definition) is 1. The van der Waals surface area contributed by atoms with Crippen LogP contribution >= 0.6 is 0 Å². The first-order chi connectivity index (χ1) is 40.1. The van der Waals surface area contributed by atoms with Gasteiger partial charge in [-0.2, -0.15) is 0 Å². The monoisotopic (exact) mass is 1130 g/mol. The standard InChI is InChI=1S/C76H132O5/c1-3-5-7-9-11-13-15-17-19-21-23-25-27-29-31-33-35-36-37-38-39-40-41-43-45-47-49-51-53-55-57-59-61-63-65-67-69-71-76(79)81-74(72-77)73-80-75(78)70-68-66-64-62-60-58-56-54-52-50-48-46-44-42-34-32-30-28-26-24-22-20-18-16-14-12-10-8-6-4-2/h5,7,11,13,17,19,23,25,29,31,35-36,38-39,41,43,47,49,74,77H,3-4,6,8-10,12,14-16,18,20-22,24,26-28,30,32-34,37,40,42,44-46,48,50-73H2,1-2H3/b7-5-,13-11-,19-17-,25-23-,31-29-,36-35-,39-38-,43-41-,49-47-. The van der Waals surface area contributed by atoms with E-state index in [1.807, 2.05) is 0 Å². The molecule has 0 aromatic carbocycles. The molecule has 1 N–H and O–H groups in total. The minimum absolute atomic E-state index is 0.0694. The zero-order valence-electron chi connectivity index (χ0n) is 53.5. The predicted molar refractivity (Wildman–Crippen MR) is 357 cm³/mol. The number of carbonyl (C=O) groups is 2. The highest BCUT2D eigenvalue weighted by Gasteiger charge is 2.16. The van der Waals surface area contributed by atoms with Gasteiger partial charge in [0.05, 0.1) is 6.61 Å². The van der Waals surface area contributed by atoms with E-state index < -0.39 is 6.10 Å². The van der Waals surface area contributed by atoms with E-state index in [0.29, 0.717) is 12.8 Å². The van der Waals surface area contributed by atoms with Crippen LogP contribution in [0.3, 0.4) is 0 Å². The van der Waals surface area contributed by atoms with Gasteiger partial charge < -0.3 is 14.6 Å². The zero-order chi connectivity index (χ0) is 58.4. The van der Waals surface area contributed by atoms with Gasteiger partial charge in [0.25, 0.3) is 0 Å². The van der Waals surface area contributed by atoms with E-state index in [0.717, 1.165) is 103 Å². The Morgan fingerprint density at radius 2 is 0.531 bits per heavy atom. The van der Waals surface area contributed by atoms with Gasteiger partial charge in [0.15, 0.2) is 6.10 Å². The van der Waals surface area contributed by atoms with Crippen LogP contribution < -0.4 is 0 Å². The molecule has 0 bridgehead atoms. The number of unbranched alkanes of at least 4 members (excludes halogenated alkanes) is 38. The molecular weight excluding hydrogens is 993 g/mol. The maximum absolute atomic E-state index is 12.4. The first kappa shape index (κ1) is 77.6. The molecule has 5 nitrogen and oxygen atoms in total. The third kappa shape index (κ3) is 69.0. The number of carbonyl (C=O) groups excluding carboxylic acids is 2. The lowest BCUT2D eigenvalue weighted by molar-refractivity contribution is -0.161. The van der Waals surface area contributed by atoms with Crippen molar-refractivity contribution in [3.05, 3.63) is 109 Å². The Morgan fingerprint density at radius 3 is 0.802 bits per heavy atom. The maximum atomic E-state index is 12.4. The van der Waals surface area contributed by atoms with E-state index in [1.54, 1.807) is 0 Å². The number of aliphatic hydroxyl groups excluding tert-OH is 1. The molecular formula is C76H132O5. The summed E-state index contributed by atoms with van der Waals surface area (Å²) < 4.78 is 10.8. The largest absolute Gasteiger partial charge is 0.462 e. The molecule has 0 aromatic heterocycles. The van der Waals surface area contributed by atoms with Crippen LogP contribution in [-0.2, 0) is 19.1 Å². The quantitative estimate of drug-likeness (QED) is 0.0373. The Kier molecular flexibility index (Phi) is 67.8. The highest BCUT2D eigenvalue weighted by molar-refractivity contribution is 5.70. The Bertz CT molecular complexity index is 1560. The van der Waals surface area contributed by atoms with E-state index in [9.17, 15) is 14.7 Å². The molecule has 0 heterocycles. The van der Waals surface area contributed by atoms with Crippen LogP contribution in [0.5, 0.6) is 0 Å². The summed E-state index contributed by atoms with van der Waals surface area (Å²) in [5.74, 6) is -0.588. The fraction of sp³-hybridized carbons (Fsp3) is 0.737. The summed E-state index contributed by atoms with van der Waals surface area (Å²) in [7, 11) is 0. The molecule has 0 rings (SSSR count). The summed E-state index contributed by atoms with van der Waals surface area (Å²) >= 11 is 0. The highest BCUT2D eigenvalue weighted by Crippen LogP contribution is 2.18. The second-order valence-corrected chi connectivity index (χ2v) is 23.2. The summed E-state index contributed by atoms with van der Waals surface area (Å²) in [4.78, 5) is 24.7. The number of ether oxygens (including phenoxy) is 2. The lowest BCUT2D eigenvalue weighted by Crippen LogP contribution is -2.28. The molecule has 0 radical (unpaired) electrons. The number of allylic oxidation sites excluding steroid dienone is 18. The molecule has 0 aliphatic rings. The molecule has 1 unspecified atom stereocenters. The second-order valence-electron chi connectivity index (χ2n) is 23.2. The van der Waals surface area contributed by atoms with Crippen molar-refractivity contribution in [1.82, 2.24) is 0 Å². The smallest absolute Gasteiger partial charge is 0.306 e. The van der Waals surface area contributed by atoms with E-state index in [4.69, 9.17) is 9.47 Å². The van der Waals surface area contributed by atoms with Gasteiger partial charge >= 0.3 is 11.9 Å². The molecule has 0 amide bonds. The summed E-state index contributed by atoms with van der Waals surface area (Å²) in [5, 5.41) is 9.70. The van der Waals surface area contributed by atoms with Gasteiger partial charge in [-0.1, -0.05) is 354 Å². The fourth-order valence-corrected chi connectivity index (χ4v) is 10.1. The van der Waals surface area contributed by atoms with Crippen molar-refractivity contribution >= 4 is 11.9 Å². The van der Waals surface area contributed by atoms with Crippen molar-refractivity contribution in [2.24, 2.45) is 0 Å². The minimum Gasteiger partial charge on any atom is -0.462 e. The molecule has 5 heteroatoms. The van der Waals surface area contributed by atoms with Gasteiger partial charge in [0, 0.05) is 12.8 Å². The topological polar surface area (TPSA) is 72.8 Å². The maximum Gasteiger partial charge on any atom is 0.306 e. The van der Waals surface area contributed by atoms with E-state index in [1.165, 1.54) is 212 Å². The number of aliphatic hydroxyl groups is 1. The van der Waals surface area contributed by atoms with E-state index in [2.05, 4.69) is 123 Å². The van der Waals surface area contributed by atoms with Crippen molar-refractivity contribution in [3.63, 3.8) is 0 Å². The highest BCUT2D eigenvalue weighted by atomic mass is 16.6. The molecule has 0 saturated carbocycles. The number of rotatable bonds is 64. The van der Waals surface area contributed by atoms with Gasteiger partial charge in [-0.05, 0) is 83.5 Å². The lowest BCUT2D eigenvalue weighted by Gasteiger charge is -2.15. The van der Waals surface area contributed by atoms with Gasteiger partial charge in [0.1, 0.15) is 6.61 Å². The Labute approximate surface area is 503 Å². The average Bonchev–Trinajstić information content (AvgIpc) is 3.47. The summed E-state index contributed by atoms with van der Waals surface area (Å²) in [6.45, 7) is 4.06. The SMILES string of the molecule is CC/C=C\C/C=C\C/C=C\C/C=C\C/C=C\C/C=C\C/C=C\C/C=C\C/C=C\CCCCCCCCCCCC(=O)OC(CO)COC(=O)CCCCCCCCCCCCCCCCCCCCCCCCCCCCCCCC. The van der Waals surface area contributed by atoms with Crippen LogP contribution in [0.2, 0.25) is 0 Å². The Hall–Kier alpha value is -3.44. The fourth-order valence-electron chi connectivity index (χ4n) is 10.1. The summed E-state index contributed by atoms with van der Waals surface area (Å²) in [6, 6.07) is 0. The first-order valence-corrected chi connectivity index (χ1v) is 34.9. The second kappa shape index (κ2) is 70.8. The van der Waals surface area contributed by atoms with Crippen molar-refractivity contribution in [2.45, 2.75) is 347 Å².